The lowest BCUT2D eigenvalue weighted by Crippen LogP contribution is -2.26. The predicted molar refractivity (Wildman–Crippen MR) is 93.5 cm³/mol. The van der Waals surface area contributed by atoms with E-state index >= 15 is 0 Å². The summed E-state index contributed by atoms with van der Waals surface area (Å²) in [5.41, 5.74) is 2.85. The maximum absolute atomic E-state index is 12.0. The van der Waals surface area contributed by atoms with Crippen molar-refractivity contribution in [1.82, 2.24) is 10.5 Å². The molecule has 1 amide bonds. The molecule has 0 aliphatic carbocycles. The lowest BCUT2D eigenvalue weighted by atomic mass is 10.1. The molecule has 1 aliphatic rings. The van der Waals surface area contributed by atoms with E-state index in [1.165, 1.54) is 0 Å². The van der Waals surface area contributed by atoms with Gasteiger partial charge in [-0.3, -0.25) is 4.79 Å². The van der Waals surface area contributed by atoms with Crippen LogP contribution in [0.2, 0.25) is 5.02 Å². The van der Waals surface area contributed by atoms with Crippen molar-refractivity contribution in [2.75, 3.05) is 19.8 Å². The fourth-order valence-electron chi connectivity index (χ4n) is 2.84. The topological polar surface area (TPSA) is 73.6 Å². The van der Waals surface area contributed by atoms with Crippen molar-refractivity contribution in [2.45, 2.75) is 33.1 Å². The Balaban J connectivity index is 1.48. The maximum atomic E-state index is 12.0. The first-order valence-corrected chi connectivity index (χ1v) is 8.69. The van der Waals surface area contributed by atoms with Crippen LogP contribution in [0, 0.1) is 13.8 Å². The van der Waals surface area contributed by atoms with E-state index in [4.69, 9.17) is 25.6 Å². The van der Waals surface area contributed by atoms with Crippen LogP contribution in [0.1, 0.15) is 29.0 Å². The Labute approximate surface area is 151 Å². The van der Waals surface area contributed by atoms with Gasteiger partial charge in [0, 0.05) is 18.5 Å². The Morgan fingerprint density at radius 3 is 2.80 bits per heavy atom. The molecule has 0 atom stereocenters. The number of aryl methyl sites for hydroxylation is 2. The van der Waals surface area contributed by atoms with Crippen LogP contribution >= 0.6 is 11.6 Å². The van der Waals surface area contributed by atoms with Gasteiger partial charge in [-0.05, 0) is 44.4 Å². The van der Waals surface area contributed by atoms with E-state index in [0.29, 0.717) is 55.5 Å². The highest BCUT2D eigenvalue weighted by molar-refractivity contribution is 6.32. The molecule has 0 saturated carbocycles. The van der Waals surface area contributed by atoms with E-state index < -0.39 is 0 Å². The van der Waals surface area contributed by atoms with Crippen molar-refractivity contribution in [1.29, 1.82) is 0 Å². The normalized spacial score (nSPS) is 12.9. The molecule has 0 fully saturated rings. The molecule has 0 radical (unpaired) electrons. The molecule has 1 aliphatic heterocycles. The van der Waals surface area contributed by atoms with E-state index in [0.717, 1.165) is 22.6 Å². The van der Waals surface area contributed by atoms with Gasteiger partial charge in [0.15, 0.2) is 11.5 Å². The number of halogens is 1. The highest BCUT2D eigenvalue weighted by Gasteiger charge is 2.16. The molecule has 1 aromatic carbocycles. The van der Waals surface area contributed by atoms with Crippen molar-refractivity contribution in [2.24, 2.45) is 0 Å². The SMILES string of the molecule is Cc1noc(C)c1CCC(=O)NCCc1cc(Cl)c2c(c1)OCCO2. The molecule has 25 heavy (non-hydrogen) atoms. The number of benzene rings is 1. The zero-order chi connectivity index (χ0) is 17.8. The minimum Gasteiger partial charge on any atom is -0.486 e. The Morgan fingerprint density at radius 1 is 1.24 bits per heavy atom. The molecular formula is C18H21ClN2O4. The van der Waals surface area contributed by atoms with Gasteiger partial charge in [-0.25, -0.2) is 0 Å². The van der Waals surface area contributed by atoms with Crippen molar-refractivity contribution in [3.63, 3.8) is 0 Å². The molecule has 2 heterocycles. The molecule has 2 aromatic rings. The van der Waals surface area contributed by atoms with Crippen molar-refractivity contribution >= 4 is 17.5 Å². The van der Waals surface area contributed by atoms with Gasteiger partial charge in [-0.15, -0.1) is 0 Å². The van der Waals surface area contributed by atoms with Gasteiger partial charge < -0.3 is 19.3 Å². The highest BCUT2D eigenvalue weighted by Crippen LogP contribution is 2.38. The number of aromatic nitrogens is 1. The number of hydrogen-bond donors (Lipinski definition) is 1. The predicted octanol–water partition coefficient (Wildman–Crippen LogP) is 3.01. The third kappa shape index (κ3) is 4.25. The van der Waals surface area contributed by atoms with Crippen LogP contribution in [-0.2, 0) is 17.6 Å². The summed E-state index contributed by atoms with van der Waals surface area (Å²) < 4.78 is 16.2. The molecule has 1 aromatic heterocycles. The van der Waals surface area contributed by atoms with Gasteiger partial charge in [-0.2, -0.15) is 0 Å². The number of carbonyl (C=O) groups excluding carboxylic acids is 1. The molecule has 0 bridgehead atoms. The second-order valence-electron chi connectivity index (χ2n) is 6.00. The van der Waals surface area contributed by atoms with E-state index in [1.807, 2.05) is 26.0 Å². The van der Waals surface area contributed by atoms with E-state index in [1.54, 1.807) is 0 Å². The van der Waals surface area contributed by atoms with Crippen LogP contribution in [0.5, 0.6) is 11.5 Å². The summed E-state index contributed by atoms with van der Waals surface area (Å²) >= 11 is 6.22. The Bertz CT molecular complexity index is 753. The number of carbonyl (C=O) groups is 1. The van der Waals surface area contributed by atoms with E-state index in [2.05, 4.69) is 10.5 Å². The van der Waals surface area contributed by atoms with Crippen molar-refractivity contribution in [3.8, 4) is 11.5 Å². The quantitative estimate of drug-likeness (QED) is 0.852. The first-order chi connectivity index (χ1) is 12.0. The zero-order valence-corrected chi connectivity index (χ0v) is 15.1. The Hall–Kier alpha value is -2.21. The summed E-state index contributed by atoms with van der Waals surface area (Å²) in [4.78, 5) is 12.0. The fraction of sp³-hybridized carbons (Fsp3) is 0.444. The van der Waals surface area contributed by atoms with Crippen LogP contribution < -0.4 is 14.8 Å². The van der Waals surface area contributed by atoms with Crippen LogP contribution in [0.15, 0.2) is 16.7 Å². The lowest BCUT2D eigenvalue weighted by molar-refractivity contribution is -0.121. The van der Waals surface area contributed by atoms with Crippen LogP contribution in [-0.4, -0.2) is 30.8 Å². The molecule has 0 spiro atoms. The molecule has 3 rings (SSSR count). The zero-order valence-electron chi connectivity index (χ0n) is 14.4. The molecule has 0 unspecified atom stereocenters. The molecule has 7 heteroatoms. The van der Waals surface area contributed by atoms with E-state index in [9.17, 15) is 4.79 Å². The van der Waals surface area contributed by atoms with Crippen molar-refractivity contribution < 1.29 is 18.8 Å². The lowest BCUT2D eigenvalue weighted by Gasteiger charge is -2.20. The molecule has 6 nitrogen and oxygen atoms in total. The van der Waals surface area contributed by atoms with Gasteiger partial charge in [-0.1, -0.05) is 16.8 Å². The summed E-state index contributed by atoms with van der Waals surface area (Å²) in [6.07, 6.45) is 1.71. The number of fused-ring (bicyclic) bond motifs is 1. The third-order valence-electron chi connectivity index (χ3n) is 4.18. The number of rotatable bonds is 6. The summed E-state index contributed by atoms with van der Waals surface area (Å²) in [5.74, 6) is 2.04. The minimum absolute atomic E-state index is 0.00337. The average Bonchev–Trinajstić information content (AvgIpc) is 2.91. The monoisotopic (exact) mass is 364 g/mol. The number of nitrogens with one attached hydrogen (secondary N) is 1. The maximum Gasteiger partial charge on any atom is 0.220 e. The second-order valence-corrected chi connectivity index (χ2v) is 6.41. The number of hydrogen-bond acceptors (Lipinski definition) is 5. The third-order valence-corrected chi connectivity index (χ3v) is 4.46. The first-order valence-electron chi connectivity index (χ1n) is 8.31. The average molecular weight is 365 g/mol. The Kier molecular flexibility index (Phi) is 5.48. The van der Waals surface area contributed by atoms with Gasteiger partial charge in [0.05, 0.1) is 10.7 Å². The minimum atomic E-state index is 0.00337. The van der Waals surface area contributed by atoms with E-state index in [-0.39, 0.29) is 5.91 Å². The fourth-order valence-corrected chi connectivity index (χ4v) is 3.13. The molecule has 1 N–H and O–H groups in total. The number of ether oxygens (including phenoxy) is 2. The summed E-state index contributed by atoms with van der Waals surface area (Å²) in [7, 11) is 0. The summed E-state index contributed by atoms with van der Waals surface area (Å²) in [6, 6.07) is 3.77. The van der Waals surface area contributed by atoms with Gasteiger partial charge in [0.25, 0.3) is 0 Å². The van der Waals surface area contributed by atoms with Crippen molar-refractivity contribution in [3.05, 3.63) is 39.7 Å². The second kappa shape index (κ2) is 7.78. The van der Waals surface area contributed by atoms with Crippen LogP contribution in [0.3, 0.4) is 0 Å². The summed E-state index contributed by atoms with van der Waals surface area (Å²) in [6.45, 7) is 5.31. The molecular weight excluding hydrogens is 344 g/mol. The van der Waals surface area contributed by atoms with Gasteiger partial charge in [0.1, 0.15) is 19.0 Å². The van der Waals surface area contributed by atoms with Gasteiger partial charge >= 0.3 is 0 Å². The smallest absolute Gasteiger partial charge is 0.220 e. The molecule has 0 saturated heterocycles. The summed E-state index contributed by atoms with van der Waals surface area (Å²) in [5, 5.41) is 7.36. The largest absolute Gasteiger partial charge is 0.486 e. The number of amides is 1. The highest BCUT2D eigenvalue weighted by atomic mass is 35.5. The molecule has 134 valence electrons. The van der Waals surface area contributed by atoms with Gasteiger partial charge in [0.2, 0.25) is 5.91 Å². The number of nitrogens with zero attached hydrogens (tertiary/aromatic N) is 1. The van der Waals surface area contributed by atoms with Crippen LogP contribution in [0.25, 0.3) is 0 Å². The van der Waals surface area contributed by atoms with Crippen LogP contribution in [0.4, 0.5) is 0 Å². The standard InChI is InChI=1S/C18H21ClN2O4/c1-11-14(12(2)25-21-11)3-4-17(22)20-6-5-13-9-15(19)18-16(10-13)23-7-8-24-18/h9-10H,3-8H2,1-2H3,(H,20,22). The Morgan fingerprint density at radius 2 is 2.04 bits per heavy atom. The first kappa shape index (κ1) is 17.6.